The van der Waals surface area contributed by atoms with Crippen LogP contribution in [0.2, 0.25) is 0 Å². The number of aromatic amines is 1. The number of carbonyl (C=O) groups excluding carboxylic acids is 1. The summed E-state index contributed by atoms with van der Waals surface area (Å²) < 4.78 is 5.24. The van der Waals surface area contributed by atoms with Gasteiger partial charge in [0.15, 0.2) is 0 Å². The molecule has 0 saturated heterocycles. The van der Waals surface area contributed by atoms with Gasteiger partial charge < -0.3 is 14.6 Å². The number of ether oxygens (including phenoxy) is 1. The van der Waals surface area contributed by atoms with Crippen LogP contribution in [0.5, 0.6) is 5.75 Å². The average Bonchev–Trinajstić information content (AvgIpc) is 2.97. The molecule has 4 nitrogen and oxygen atoms in total. The summed E-state index contributed by atoms with van der Waals surface area (Å²) >= 11 is 0. The lowest BCUT2D eigenvalue weighted by atomic mass is 10.1. The molecule has 0 aliphatic carbocycles. The maximum Gasteiger partial charge on any atom is 0.256 e. The summed E-state index contributed by atoms with van der Waals surface area (Å²) in [7, 11) is 3.44. The molecule has 3 aromatic rings. The highest BCUT2D eigenvalue weighted by atomic mass is 16.5. The molecule has 1 amide bonds. The Kier molecular flexibility index (Phi) is 3.83. The third-order valence-electron chi connectivity index (χ3n) is 3.73. The second-order valence-electron chi connectivity index (χ2n) is 5.26. The summed E-state index contributed by atoms with van der Waals surface area (Å²) in [5, 5.41) is 0.879. The molecule has 0 atom stereocenters. The number of nitrogens with zero attached hydrogens (tertiary/aromatic N) is 1. The van der Waals surface area contributed by atoms with E-state index in [1.54, 1.807) is 18.2 Å². The van der Waals surface area contributed by atoms with Crippen molar-refractivity contribution in [3.63, 3.8) is 0 Å². The second-order valence-corrected chi connectivity index (χ2v) is 5.26. The number of hydrogen-bond acceptors (Lipinski definition) is 2. The number of methoxy groups -OCH3 is 1. The van der Waals surface area contributed by atoms with Gasteiger partial charge in [0.25, 0.3) is 5.91 Å². The van der Waals surface area contributed by atoms with Gasteiger partial charge in [-0.3, -0.25) is 4.79 Å². The monoisotopic (exact) mass is 294 g/mol. The molecule has 3 rings (SSSR count). The first-order chi connectivity index (χ1) is 10.7. The standard InChI is InChI=1S/C18H18N2O2/c1-20(12-13-6-4-3-5-7-13)18(21)16-11-19-17-9-8-14(22-2)10-15(16)17/h3-11,19H,12H2,1-2H3. The Balaban J connectivity index is 1.88. The Morgan fingerprint density at radius 2 is 1.95 bits per heavy atom. The zero-order valence-electron chi connectivity index (χ0n) is 12.7. The number of amides is 1. The van der Waals surface area contributed by atoms with Crippen LogP contribution in [0, 0.1) is 0 Å². The summed E-state index contributed by atoms with van der Waals surface area (Å²) in [5.74, 6) is 0.732. The molecule has 1 N–H and O–H groups in total. The van der Waals surface area contributed by atoms with Crippen LogP contribution < -0.4 is 4.74 Å². The Morgan fingerprint density at radius 3 is 2.68 bits per heavy atom. The van der Waals surface area contributed by atoms with Crippen molar-refractivity contribution in [1.29, 1.82) is 0 Å². The number of carbonyl (C=O) groups is 1. The quantitative estimate of drug-likeness (QED) is 0.801. The fraction of sp³-hybridized carbons (Fsp3) is 0.167. The van der Waals surface area contributed by atoms with Crippen molar-refractivity contribution in [3.05, 3.63) is 65.9 Å². The van der Waals surface area contributed by atoms with E-state index in [1.807, 2.05) is 55.6 Å². The highest BCUT2D eigenvalue weighted by Gasteiger charge is 2.16. The van der Waals surface area contributed by atoms with Gasteiger partial charge >= 0.3 is 0 Å². The van der Waals surface area contributed by atoms with E-state index in [0.717, 1.165) is 22.2 Å². The molecule has 0 aliphatic rings. The summed E-state index contributed by atoms with van der Waals surface area (Å²) in [5.41, 5.74) is 2.69. The number of nitrogens with one attached hydrogen (secondary N) is 1. The lowest BCUT2D eigenvalue weighted by Crippen LogP contribution is -2.25. The van der Waals surface area contributed by atoms with Crippen LogP contribution in [0.3, 0.4) is 0 Å². The first kappa shape index (κ1) is 14.2. The number of H-pyrrole nitrogens is 1. The van der Waals surface area contributed by atoms with E-state index in [9.17, 15) is 4.79 Å². The summed E-state index contributed by atoms with van der Waals surface area (Å²) in [6.07, 6.45) is 1.76. The largest absolute Gasteiger partial charge is 0.497 e. The lowest BCUT2D eigenvalue weighted by Gasteiger charge is -2.17. The molecule has 4 heteroatoms. The van der Waals surface area contributed by atoms with Gasteiger partial charge in [-0.05, 0) is 23.8 Å². The van der Waals surface area contributed by atoms with Crippen LogP contribution in [-0.4, -0.2) is 29.9 Å². The number of benzene rings is 2. The van der Waals surface area contributed by atoms with Crippen LogP contribution in [0.25, 0.3) is 10.9 Å². The smallest absolute Gasteiger partial charge is 0.256 e. The van der Waals surface area contributed by atoms with E-state index in [1.165, 1.54) is 0 Å². The molecule has 0 spiro atoms. The minimum Gasteiger partial charge on any atom is -0.497 e. The molecule has 112 valence electrons. The Hall–Kier alpha value is -2.75. The molecule has 1 aromatic heterocycles. The van der Waals surface area contributed by atoms with Crippen LogP contribution in [-0.2, 0) is 6.54 Å². The van der Waals surface area contributed by atoms with E-state index in [2.05, 4.69) is 4.98 Å². The lowest BCUT2D eigenvalue weighted by molar-refractivity contribution is 0.0787. The summed E-state index contributed by atoms with van der Waals surface area (Å²) in [6, 6.07) is 15.6. The van der Waals surface area contributed by atoms with Crippen molar-refractivity contribution in [3.8, 4) is 5.75 Å². The van der Waals surface area contributed by atoms with Gasteiger partial charge in [-0.1, -0.05) is 30.3 Å². The molecule has 0 radical (unpaired) electrons. The van der Waals surface area contributed by atoms with Crippen LogP contribution in [0.1, 0.15) is 15.9 Å². The van der Waals surface area contributed by atoms with Gasteiger partial charge in [-0.2, -0.15) is 0 Å². The Morgan fingerprint density at radius 1 is 1.18 bits per heavy atom. The van der Waals surface area contributed by atoms with Gasteiger partial charge in [-0.15, -0.1) is 0 Å². The predicted octanol–water partition coefficient (Wildman–Crippen LogP) is 3.45. The fourth-order valence-corrected chi connectivity index (χ4v) is 2.54. The topological polar surface area (TPSA) is 45.3 Å². The molecule has 0 aliphatic heterocycles. The van der Waals surface area contributed by atoms with Crippen LogP contribution in [0.4, 0.5) is 0 Å². The van der Waals surface area contributed by atoms with E-state index in [4.69, 9.17) is 4.74 Å². The van der Waals surface area contributed by atoms with Crippen molar-refractivity contribution in [1.82, 2.24) is 9.88 Å². The SMILES string of the molecule is COc1ccc2[nH]cc(C(=O)N(C)Cc3ccccc3)c2c1. The number of aromatic nitrogens is 1. The van der Waals surface area contributed by atoms with Gasteiger partial charge in [-0.25, -0.2) is 0 Å². The molecule has 1 heterocycles. The van der Waals surface area contributed by atoms with Gasteiger partial charge in [0, 0.05) is 30.7 Å². The van der Waals surface area contributed by atoms with Gasteiger partial charge in [0.2, 0.25) is 0 Å². The maximum atomic E-state index is 12.7. The van der Waals surface area contributed by atoms with E-state index >= 15 is 0 Å². The van der Waals surface area contributed by atoms with Crippen LogP contribution >= 0.6 is 0 Å². The summed E-state index contributed by atoms with van der Waals surface area (Å²) in [4.78, 5) is 17.5. The van der Waals surface area contributed by atoms with E-state index in [-0.39, 0.29) is 5.91 Å². The minimum absolute atomic E-state index is 0.0108. The van der Waals surface area contributed by atoms with Crippen molar-refractivity contribution in [2.75, 3.05) is 14.2 Å². The van der Waals surface area contributed by atoms with Gasteiger partial charge in [0.1, 0.15) is 5.75 Å². The third kappa shape index (κ3) is 2.68. The molecule has 2 aromatic carbocycles. The fourth-order valence-electron chi connectivity index (χ4n) is 2.54. The number of hydrogen-bond donors (Lipinski definition) is 1. The van der Waals surface area contributed by atoms with E-state index < -0.39 is 0 Å². The Bertz CT molecular complexity index is 793. The first-order valence-corrected chi connectivity index (χ1v) is 7.13. The summed E-state index contributed by atoms with van der Waals surface area (Å²) in [6.45, 7) is 0.580. The second kappa shape index (κ2) is 5.93. The maximum absolute atomic E-state index is 12.7. The highest BCUT2D eigenvalue weighted by molar-refractivity contribution is 6.06. The predicted molar refractivity (Wildman–Crippen MR) is 87.1 cm³/mol. The Labute approximate surface area is 129 Å². The third-order valence-corrected chi connectivity index (χ3v) is 3.73. The van der Waals surface area contributed by atoms with Crippen molar-refractivity contribution in [2.24, 2.45) is 0 Å². The van der Waals surface area contributed by atoms with E-state index in [0.29, 0.717) is 12.1 Å². The molecular formula is C18H18N2O2. The van der Waals surface area contributed by atoms with Crippen molar-refractivity contribution < 1.29 is 9.53 Å². The molecule has 0 bridgehead atoms. The molecular weight excluding hydrogens is 276 g/mol. The molecule has 0 fully saturated rings. The van der Waals surface area contributed by atoms with Crippen LogP contribution in [0.15, 0.2) is 54.7 Å². The normalized spacial score (nSPS) is 10.6. The molecule has 22 heavy (non-hydrogen) atoms. The van der Waals surface area contributed by atoms with Gasteiger partial charge in [0.05, 0.1) is 12.7 Å². The number of fused-ring (bicyclic) bond motifs is 1. The highest BCUT2D eigenvalue weighted by Crippen LogP contribution is 2.24. The van der Waals surface area contributed by atoms with Crippen molar-refractivity contribution >= 4 is 16.8 Å². The molecule has 0 unspecified atom stereocenters. The molecule has 0 saturated carbocycles. The first-order valence-electron chi connectivity index (χ1n) is 7.13. The van der Waals surface area contributed by atoms with Crippen molar-refractivity contribution in [2.45, 2.75) is 6.54 Å². The zero-order valence-corrected chi connectivity index (χ0v) is 12.7. The minimum atomic E-state index is -0.0108. The number of rotatable bonds is 4. The zero-order chi connectivity index (χ0) is 15.5. The average molecular weight is 294 g/mol.